The lowest BCUT2D eigenvalue weighted by atomic mass is 9.92. The van der Waals surface area contributed by atoms with Gasteiger partial charge in [-0.3, -0.25) is 0 Å². The van der Waals surface area contributed by atoms with Crippen LogP contribution in [0.15, 0.2) is 0 Å². The highest BCUT2D eigenvalue weighted by Crippen LogP contribution is 2.54. The molecule has 1 heterocycles. The summed E-state index contributed by atoms with van der Waals surface area (Å²) >= 11 is 1.36. The van der Waals surface area contributed by atoms with Gasteiger partial charge in [-0.05, 0) is 24.7 Å². The molecule has 2 fully saturated rings. The first-order valence-electron chi connectivity index (χ1n) is 6.71. The number of nitrogens with one attached hydrogen (secondary N) is 1. The number of aromatic nitrogens is 1. The molecule has 0 amide bonds. The van der Waals surface area contributed by atoms with E-state index in [4.69, 9.17) is 0 Å². The van der Waals surface area contributed by atoms with Crippen molar-refractivity contribution in [1.29, 1.82) is 0 Å². The van der Waals surface area contributed by atoms with Crippen LogP contribution in [0, 0.1) is 11.8 Å². The molecule has 0 radical (unpaired) electrons. The quantitative estimate of drug-likeness (QED) is 0.888. The molecular formula is C13H18F2N2OS. The van der Waals surface area contributed by atoms with Crippen LogP contribution in [0.4, 0.5) is 13.9 Å². The number of hydrogen-bond acceptors (Lipinski definition) is 4. The fraction of sp³-hybridized carbons (Fsp3) is 0.769. The molecule has 1 aromatic heterocycles. The first-order valence-corrected chi connectivity index (χ1v) is 7.52. The fourth-order valence-corrected chi connectivity index (χ4v) is 4.32. The van der Waals surface area contributed by atoms with Crippen LogP contribution in [0.3, 0.4) is 0 Å². The molecule has 0 aromatic carbocycles. The highest BCUT2D eigenvalue weighted by Gasteiger charge is 2.57. The summed E-state index contributed by atoms with van der Waals surface area (Å²) in [5.41, 5.74) is 0. The van der Waals surface area contributed by atoms with Gasteiger partial charge in [0.1, 0.15) is 0 Å². The Kier molecular flexibility index (Phi) is 2.96. The van der Waals surface area contributed by atoms with Crippen LogP contribution in [0.25, 0.3) is 0 Å². The van der Waals surface area contributed by atoms with Crippen molar-refractivity contribution in [2.45, 2.75) is 51.0 Å². The second-order valence-electron chi connectivity index (χ2n) is 6.02. The second kappa shape index (κ2) is 4.30. The SMILES string of the molecule is CC(C)c1sc(NC2CC3CC2C(F)(F)C3)nc1O. The molecular weight excluding hydrogens is 270 g/mol. The molecule has 2 aliphatic carbocycles. The summed E-state index contributed by atoms with van der Waals surface area (Å²) in [7, 11) is 0. The largest absolute Gasteiger partial charge is 0.492 e. The van der Waals surface area contributed by atoms with Gasteiger partial charge in [-0.25, -0.2) is 8.78 Å². The normalized spacial score (nSPS) is 32.2. The van der Waals surface area contributed by atoms with Crippen molar-refractivity contribution in [3.05, 3.63) is 4.88 Å². The van der Waals surface area contributed by atoms with Crippen molar-refractivity contribution in [1.82, 2.24) is 4.98 Å². The van der Waals surface area contributed by atoms with Crippen molar-refractivity contribution < 1.29 is 13.9 Å². The Hall–Kier alpha value is -0.910. The van der Waals surface area contributed by atoms with Crippen LogP contribution >= 0.6 is 11.3 Å². The number of hydrogen-bond donors (Lipinski definition) is 2. The summed E-state index contributed by atoms with van der Waals surface area (Å²) in [4.78, 5) is 4.85. The van der Waals surface area contributed by atoms with Crippen LogP contribution in [0.1, 0.15) is 43.9 Å². The van der Waals surface area contributed by atoms with E-state index in [-0.39, 0.29) is 30.2 Å². The summed E-state index contributed by atoms with van der Waals surface area (Å²) in [5, 5.41) is 13.4. The molecule has 6 heteroatoms. The lowest BCUT2D eigenvalue weighted by Gasteiger charge is -2.29. The minimum Gasteiger partial charge on any atom is -0.492 e. The number of thiazole rings is 1. The van der Waals surface area contributed by atoms with Gasteiger partial charge in [-0.15, -0.1) is 0 Å². The standard InChI is InChI=1S/C13H18F2N2OS/c1-6(2)10-11(18)17-12(19-10)16-9-4-7-3-8(9)13(14,15)5-7/h6-9,18H,3-5H2,1-2H3,(H,16,17). The number of aromatic hydroxyl groups is 1. The number of anilines is 1. The van der Waals surface area contributed by atoms with E-state index in [2.05, 4.69) is 10.3 Å². The van der Waals surface area contributed by atoms with Crippen LogP contribution in [0.2, 0.25) is 0 Å². The lowest BCUT2D eigenvalue weighted by molar-refractivity contribution is -0.0552. The van der Waals surface area contributed by atoms with Gasteiger partial charge in [-0.1, -0.05) is 25.2 Å². The molecule has 106 valence electrons. The molecule has 3 nitrogen and oxygen atoms in total. The van der Waals surface area contributed by atoms with Crippen LogP contribution in [-0.2, 0) is 0 Å². The molecule has 1 aromatic rings. The molecule has 2 aliphatic rings. The van der Waals surface area contributed by atoms with Gasteiger partial charge >= 0.3 is 0 Å². The van der Waals surface area contributed by atoms with Gasteiger partial charge in [0, 0.05) is 18.4 Å². The van der Waals surface area contributed by atoms with E-state index in [9.17, 15) is 13.9 Å². The van der Waals surface area contributed by atoms with E-state index in [1.807, 2.05) is 13.8 Å². The van der Waals surface area contributed by atoms with E-state index >= 15 is 0 Å². The first kappa shape index (κ1) is 13.1. The monoisotopic (exact) mass is 288 g/mol. The summed E-state index contributed by atoms with van der Waals surface area (Å²) in [6.07, 6.45) is 1.44. The Balaban J connectivity index is 1.74. The Bertz CT molecular complexity index is 489. The Morgan fingerprint density at radius 2 is 2.16 bits per heavy atom. The Morgan fingerprint density at radius 3 is 2.68 bits per heavy atom. The van der Waals surface area contributed by atoms with Gasteiger partial charge in [0.15, 0.2) is 5.13 Å². The molecule has 2 N–H and O–H groups in total. The highest BCUT2D eigenvalue weighted by atomic mass is 32.1. The van der Waals surface area contributed by atoms with E-state index in [1.54, 1.807) is 0 Å². The minimum atomic E-state index is -2.54. The highest BCUT2D eigenvalue weighted by molar-refractivity contribution is 7.16. The van der Waals surface area contributed by atoms with Crippen molar-refractivity contribution in [3.8, 4) is 5.88 Å². The molecule has 3 atom stereocenters. The van der Waals surface area contributed by atoms with Gasteiger partial charge in [0.25, 0.3) is 5.92 Å². The number of fused-ring (bicyclic) bond motifs is 2. The minimum absolute atomic E-state index is 0.0254. The zero-order chi connectivity index (χ0) is 13.8. The topological polar surface area (TPSA) is 45.2 Å². The second-order valence-corrected chi connectivity index (χ2v) is 7.05. The summed E-state index contributed by atoms with van der Waals surface area (Å²) < 4.78 is 27.4. The third-order valence-corrected chi connectivity index (χ3v) is 5.51. The number of halogens is 2. The van der Waals surface area contributed by atoms with Crippen molar-refractivity contribution >= 4 is 16.5 Å². The molecule has 0 aliphatic heterocycles. The number of rotatable bonds is 3. The third kappa shape index (κ3) is 2.20. The molecule has 0 saturated heterocycles. The van der Waals surface area contributed by atoms with Gasteiger partial charge < -0.3 is 10.4 Å². The van der Waals surface area contributed by atoms with Crippen molar-refractivity contribution in [3.63, 3.8) is 0 Å². The van der Waals surface area contributed by atoms with E-state index < -0.39 is 11.8 Å². The average molecular weight is 288 g/mol. The van der Waals surface area contributed by atoms with Gasteiger partial charge in [0.2, 0.25) is 5.88 Å². The molecule has 2 bridgehead atoms. The van der Waals surface area contributed by atoms with Crippen molar-refractivity contribution in [2.24, 2.45) is 11.8 Å². The smallest absolute Gasteiger partial charge is 0.253 e. The van der Waals surface area contributed by atoms with E-state index in [0.29, 0.717) is 11.6 Å². The van der Waals surface area contributed by atoms with Crippen LogP contribution < -0.4 is 5.32 Å². The fourth-order valence-electron chi connectivity index (χ4n) is 3.39. The third-order valence-electron chi connectivity index (χ3n) is 4.23. The Morgan fingerprint density at radius 1 is 1.42 bits per heavy atom. The molecule has 2 saturated carbocycles. The summed E-state index contributed by atoms with van der Waals surface area (Å²) in [5.74, 6) is -2.77. The predicted octanol–water partition coefficient (Wildman–Crippen LogP) is 3.82. The van der Waals surface area contributed by atoms with E-state index in [0.717, 1.165) is 11.3 Å². The summed E-state index contributed by atoms with van der Waals surface area (Å²) in [6, 6.07) is -0.209. The predicted molar refractivity (Wildman–Crippen MR) is 71.1 cm³/mol. The zero-order valence-electron chi connectivity index (χ0n) is 11.0. The Labute approximate surface area is 115 Å². The average Bonchev–Trinajstić information content (AvgIpc) is 2.89. The first-order chi connectivity index (χ1) is 8.87. The zero-order valence-corrected chi connectivity index (χ0v) is 11.8. The van der Waals surface area contributed by atoms with Gasteiger partial charge in [0.05, 0.1) is 4.88 Å². The maximum absolute atomic E-state index is 13.7. The molecule has 3 rings (SSSR count). The molecule has 3 unspecified atom stereocenters. The lowest BCUT2D eigenvalue weighted by Crippen LogP contribution is -2.38. The molecule has 19 heavy (non-hydrogen) atoms. The van der Waals surface area contributed by atoms with Crippen LogP contribution in [0.5, 0.6) is 5.88 Å². The maximum Gasteiger partial charge on any atom is 0.253 e. The molecule has 0 spiro atoms. The maximum atomic E-state index is 13.7. The summed E-state index contributed by atoms with van der Waals surface area (Å²) in [6.45, 7) is 3.95. The van der Waals surface area contributed by atoms with E-state index in [1.165, 1.54) is 11.3 Å². The number of nitrogens with zero attached hydrogens (tertiary/aromatic N) is 1. The van der Waals surface area contributed by atoms with Gasteiger partial charge in [-0.2, -0.15) is 4.98 Å². The number of alkyl halides is 2. The van der Waals surface area contributed by atoms with Crippen LogP contribution in [-0.4, -0.2) is 22.1 Å². The van der Waals surface area contributed by atoms with Crippen molar-refractivity contribution in [2.75, 3.05) is 5.32 Å².